The summed E-state index contributed by atoms with van der Waals surface area (Å²) in [7, 11) is 0. The van der Waals surface area contributed by atoms with Gasteiger partial charge < -0.3 is 10.2 Å². The molecule has 0 spiro atoms. The molecule has 2 nitrogen and oxygen atoms in total. The summed E-state index contributed by atoms with van der Waals surface area (Å²) >= 11 is 0. The Kier molecular flexibility index (Phi) is 4.22. The zero-order chi connectivity index (χ0) is 17.2. The van der Waals surface area contributed by atoms with Crippen LogP contribution >= 0.6 is 0 Å². The van der Waals surface area contributed by atoms with Crippen LogP contribution in [0.1, 0.15) is 29.8 Å². The van der Waals surface area contributed by atoms with Gasteiger partial charge in [-0.15, -0.1) is 0 Å². The molecule has 0 aromatic heterocycles. The fourth-order valence-corrected chi connectivity index (χ4v) is 3.55. The standard InChI is InChI=1S/C23H20O2/c24-22(20-13-5-9-16-7-1-3-11-18(16)20)15-23(25)21-14-6-10-17-8-2-4-12-19(17)21/h1-14,22-25H,15H2. The first-order chi connectivity index (χ1) is 12.2. The molecule has 2 heteroatoms. The Morgan fingerprint density at radius 2 is 0.920 bits per heavy atom. The molecule has 0 saturated carbocycles. The van der Waals surface area contributed by atoms with Crippen LogP contribution in [0.25, 0.3) is 21.5 Å². The average Bonchev–Trinajstić information content (AvgIpc) is 2.67. The van der Waals surface area contributed by atoms with Gasteiger partial charge in [-0.1, -0.05) is 84.9 Å². The van der Waals surface area contributed by atoms with Crippen LogP contribution in [0.15, 0.2) is 84.9 Å². The lowest BCUT2D eigenvalue weighted by atomic mass is 9.93. The van der Waals surface area contributed by atoms with E-state index in [0.29, 0.717) is 0 Å². The Balaban J connectivity index is 1.66. The Morgan fingerprint density at radius 3 is 1.40 bits per heavy atom. The van der Waals surface area contributed by atoms with Crippen LogP contribution in [0.4, 0.5) is 0 Å². The highest BCUT2D eigenvalue weighted by Gasteiger charge is 2.18. The van der Waals surface area contributed by atoms with Crippen LogP contribution in [0.3, 0.4) is 0 Å². The molecule has 0 amide bonds. The predicted octanol–water partition coefficient (Wildman–Crippen LogP) is 5.15. The van der Waals surface area contributed by atoms with Crippen LogP contribution in [0.2, 0.25) is 0 Å². The molecular formula is C23H20O2. The summed E-state index contributed by atoms with van der Waals surface area (Å²) in [6, 6.07) is 27.9. The van der Waals surface area contributed by atoms with E-state index in [1.165, 1.54) is 0 Å². The minimum absolute atomic E-state index is 0.266. The first kappa shape index (κ1) is 15.8. The molecule has 0 aliphatic rings. The summed E-state index contributed by atoms with van der Waals surface area (Å²) < 4.78 is 0. The largest absolute Gasteiger partial charge is 0.388 e. The number of aliphatic hydroxyl groups excluding tert-OH is 2. The molecule has 0 radical (unpaired) electrons. The molecular weight excluding hydrogens is 308 g/mol. The molecule has 0 aliphatic carbocycles. The quantitative estimate of drug-likeness (QED) is 0.544. The number of fused-ring (bicyclic) bond motifs is 2. The molecule has 0 bridgehead atoms. The third-order valence-corrected chi connectivity index (χ3v) is 4.81. The van der Waals surface area contributed by atoms with Gasteiger partial charge >= 0.3 is 0 Å². The normalized spacial score (nSPS) is 13.8. The van der Waals surface area contributed by atoms with Gasteiger partial charge in [0.25, 0.3) is 0 Å². The number of hydrogen-bond donors (Lipinski definition) is 2. The summed E-state index contributed by atoms with van der Waals surface area (Å²) in [6.07, 6.45) is -1.18. The maximum Gasteiger partial charge on any atom is 0.0824 e. The van der Waals surface area contributed by atoms with E-state index < -0.39 is 12.2 Å². The molecule has 2 unspecified atom stereocenters. The van der Waals surface area contributed by atoms with E-state index in [9.17, 15) is 10.2 Å². The van der Waals surface area contributed by atoms with Gasteiger partial charge in [0.1, 0.15) is 0 Å². The van der Waals surface area contributed by atoms with Gasteiger partial charge in [-0.2, -0.15) is 0 Å². The first-order valence-electron chi connectivity index (χ1n) is 8.55. The van der Waals surface area contributed by atoms with Gasteiger partial charge in [-0.3, -0.25) is 0 Å². The highest BCUT2D eigenvalue weighted by atomic mass is 16.3. The molecule has 4 aromatic rings. The van der Waals surface area contributed by atoms with Crippen LogP contribution in [0, 0.1) is 0 Å². The highest BCUT2D eigenvalue weighted by molar-refractivity contribution is 5.87. The molecule has 2 N–H and O–H groups in total. The minimum atomic E-state index is -0.722. The Morgan fingerprint density at radius 1 is 0.520 bits per heavy atom. The zero-order valence-electron chi connectivity index (χ0n) is 13.8. The van der Waals surface area contributed by atoms with Crippen molar-refractivity contribution in [3.8, 4) is 0 Å². The van der Waals surface area contributed by atoms with Gasteiger partial charge in [-0.05, 0) is 32.7 Å². The van der Waals surface area contributed by atoms with Crippen molar-refractivity contribution in [3.05, 3.63) is 96.1 Å². The fraction of sp³-hybridized carbons (Fsp3) is 0.130. The second kappa shape index (κ2) is 6.67. The molecule has 124 valence electrons. The Labute approximate surface area is 147 Å². The van der Waals surface area contributed by atoms with E-state index in [1.54, 1.807) is 0 Å². The number of hydrogen-bond acceptors (Lipinski definition) is 2. The van der Waals surface area contributed by atoms with Gasteiger partial charge in [0.2, 0.25) is 0 Å². The first-order valence-corrected chi connectivity index (χ1v) is 8.55. The highest BCUT2D eigenvalue weighted by Crippen LogP contribution is 2.33. The summed E-state index contributed by atoms with van der Waals surface area (Å²) in [5.41, 5.74) is 1.72. The molecule has 0 heterocycles. The van der Waals surface area contributed by atoms with Crippen molar-refractivity contribution in [3.63, 3.8) is 0 Å². The lowest BCUT2D eigenvalue weighted by Crippen LogP contribution is -2.06. The van der Waals surface area contributed by atoms with Gasteiger partial charge in [0.15, 0.2) is 0 Å². The lowest BCUT2D eigenvalue weighted by Gasteiger charge is -2.19. The van der Waals surface area contributed by atoms with Crippen molar-refractivity contribution in [1.29, 1.82) is 0 Å². The maximum absolute atomic E-state index is 10.8. The van der Waals surface area contributed by atoms with E-state index in [4.69, 9.17) is 0 Å². The summed E-state index contributed by atoms with van der Waals surface area (Å²) in [5.74, 6) is 0. The minimum Gasteiger partial charge on any atom is -0.388 e. The third kappa shape index (κ3) is 3.02. The summed E-state index contributed by atoms with van der Waals surface area (Å²) in [6.45, 7) is 0. The zero-order valence-corrected chi connectivity index (χ0v) is 13.8. The number of benzene rings is 4. The van der Waals surface area contributed by atoms with Crippen LogP contribution in [-0.4, -0.2) is 10.2 Å². The molecule has 2 atom stereocenters. The maximum atomic E-state index is 10.8. The third-order valence-electron chi connectivity index (χ3n) is 4.81. The lowest BCUT2D eigenvalue weighted by molar-refractivity contribution is 0.0820. The van der Waals surface area contributed by atoms with E-state index in [0.717, 1.165) is 32.7 Å². The molecule has 0 saturated heterocycles. The summed E-state index contributed by atoms with van der Waals surface area (Å²) in [4.78, 5) is 0. The molecule has 4 aromatic carbocycles. The molecule has 0 fully saturated rings. The SMILES string of the molecule is OC(CC(O)c1cccc2ccccc12)c1cccc2ccccc12. The van der Waals surface area contributed by atoms with Crippen molar-refractivity contribution < 1.29 is 10.2 Å². The number of aliphatic hydroxyl groups is 2. The Hall–Kier alpha value is -2.68. The van der Waals surface area contributed by atoms with Gasteiger partial charge in [0, 0.05) is 6.42 Å². The Bertz CT molecular complexity index is 929. The van der Waals surface area contributed by atoms with Crippen molar-refractivity contribution >= 4 is 21.5 Å². The topological polar surface area (TPSA) is 40.5 Å². The number of rotatable bonds is 4. The molecule has 25 heavy (non-hydrogen) atoms. The smallest absolute Gasteiger partial charge is 0.0824 e. The van der Waals surface area contributed by atoms with Crippen molar-refractivity contribution in [2.75, 3.05) is 0 Å². The van der Waals surface area contributed by atoms with E-state index in [2.05, 4.69) is 0 Å². The van der Waals surface area contributed by atoms with Crippen LogP contribution in [-0.2, 0) is 0 Å². The van der Waals surface area contributed by atoms with Gasteiger partial charge in [-0.25, -0.2) is 0 Å². The fourth-order valence-electron chi connectivity index (χ4n) is 3.55. The van der Waals surface area contributed by atoms with Crippen molar-refractivity contribution in [1.82, 2.24) is 0 Å². The molecule has 4 rings (SSSR count). The van der Waals surface area contributed by atoms with E-state index >= 15 is 0 Å². The van der Waals surface area contributed by atoms with Crippen molar-refractivity contribution in [2.45, 2.75) is 18.6 Å². The van der Waals surface area contributed by atoms with E-state index in [1.807, 2.05) is 84.9 Å². The second-order valence-corrected chi connectivity index (χ2v) is 6.40. The van der Waals surface area contributed by atoms with Gasteiger partial charge in [0.05, 0.1) is 12.2 Å². The average molecular weight is 328 g/mol. The molecule has 0 aliphatic heterocycles. The van der Waals surface area contributed by atoms with Crippen LogP contribution in [0.5, 0.6) is 0 Å². The second-order valence-electron chi connectivity index (χ2n) is 6.40. The predicted molar refractivity (Wildman–Crippen MR) is 102 cm³/mol. The van der Waals surface area contributed by atoms with E-state index in [-0.39, 0.29) is 6.42 Å². The summed E-state index contributed by atoms with van der Waals surface area (Å²) in [5, 5.41) is 25.8. The monoisotopic (exact) mass is 328 g/mol. The van der Waals surface area contributed by atoms with Crippen LogP contribution < -0.4 is 0 Å². The van der Waals surface area contributed by atoms with Crippen molar-refractivity contribution in [2.24, 2.45) is 0 Å².